The molecule has 0 aromatic carbocycles. The Labute approximate surface area is 150 Å². The molecule has 0 amide bonds. The zero-order chi connectivity index (χ0) is 19.3. The van der Waals surface area contributed by atoms with Gasteiger partial charge in [-0.05, 0) is 26.8 Å². The van der Waals surface area contributed by atoms with E-state index < -0.39 is 23.8 Å². The molecule has 136 valence electrons. The summed E-state index contributed by atoms with van der Waals surface area (Å²) in [7, 11) is 0. The Balaban J connectivity index is 2.70. The van der Waals surface area contributed by atoms with E-state index in [0.29, 0.717) is 16.0 Å². The fraction of sp³-hybridized carbons (Fsp3) is 0.389. The molecule has 2 unspecified atom stereocenters. The molecule has 1 aromatic heterocycles. The maximum Gasteiger partial charge on any atom is 0.337 e. The Morgan fingerprint density at radius 2 is 2.04 bits per heavy atom. The highest BCUT2D eigenvalue weighted by Crippen LogP contribution is 2.39. The van der Waals surface area contributed by atoms with Gasteiger partial charge in [0.05, 0.1) is 18.8 Å². The van der Waals surface area contributed by atoms with Crippen LogP contribution in [-0.4, -0.2) is 30.9 Å². The van der Waals surface area contributed by atoms with E-state index in [2.05, 4.69) is 4.99 Å². The number of carbonyl (C=O) groups is 2. The van der Waals surface area contributed by atoms with Crippen molar-refractivity contribution in [2.75, 3.05) is 13.2 Å². The number of pyridine rings is 1. The minimum absolute atomic E-state index is 0.0517. The van der Waals surface area contributed by atoms with Crippen LogP contribution < -0.4 is 4.73 Å². The third-order valence-electron chi connectivity index (χ3n) is 3.94. The molecule has 2 rings (SSSR count). The van der Waals surface area contributed by atoms with Crippen molar-refractivity contribution in [3.05, 3.63) is 46.6 Å². The first-order valence-corrected chi connectivity index (χ1v) is 8.16. The number of nitrogens with zero attached hydrogens (tertiary/aromatic N) is 3. The van der Waals surface area contributed by atoms with Crippen molar-refractivity contribution in [1.82, 2.24) is 0 Å². The molecular formula is C18H19N3O5. The second-order valence-corrected chi connectivity index (χ2v) is 5.55. The minimum Gasteiger partial charge on any atom is -0.619 e. The van der Waals surface area contributed by atoms with E-state index in [1.165, 1.54) is 18.5 Å². The Hall–Kier alpha value is -3.21. The number of aliphatic imine (C=N–C) groups is 1. The van der Waals surface area contributed by atoms with Crippen LogP contribution in [0.25, 0.3) is 0 Å². The molecule has 1 aromatic rings. The van der Waals surface area contributed by atoms with Crippen molar-refractivity contribution in [1.29, 1.82) is 5.26 Å². The van der Waals surface area contributed by atoms with Gasteiger partial charge in [0.25, 0.3) is 0 Å². The third kappa shape index (κ3) is 3.72. The summed E-state index contributed by atoms with van der Waals surface area (Å²) in [6, 6.07) is 4.99. The Bertz CT molecular complexity index is 822. The van der Waals surface area contributed by atoms with Gasteiger partial charge in [0.15, 0.2) is 18.1 Å². The number of nitriles is 1. The quantitative estimate of drug-likeness (QED) is 0.447. The lowest BCUT2D eigenvalue weighted by molar-refractivity contribution is -0.605. The molecule has 26 heavy (non-hydrogen) atoms. The van der Waals surface area contributed by atoms with Crippen LogP contribution in [0.15, 0.2) is 40.8 Å². The van der Waals surface area contributed by atoms with Gasteiger partial charge < -0.3 is 14.7 Å². The van der Waals surface area contributed by atoms with Crippen molar-refractivity contribution < 1.29 is 23.8 Å². The summed E-state index contributed by atoms with van der Waals surface area (Å²) in [5.74, 6) is -3.17. The summed E-state index contributed by atoms with van der Waals surface area (Å²) in [4.78, 5) is 29.2. The SMILES string of the molecule is CCOC(=O)C1=C(C#N)N=C(C)C(C(=O)OCC)C1c1ccc[n+]([O-])c1. The van der Waals surface area contributed by atoms with Gasteiger partial charge in [0.1, 0.15) is 12.0 Å². The fourth-order valence-electron chi connectivity index (χ4n) is 2.93. The van der Waals surface area contributed by atoms with Crippen molar-refractivity contribution in [2.45, 2.75) is 26.7 Å². The van der Waals surface area contributed by atoms with E-state index in [-0.39, 0.29) is 24.5 Å². The number of hydrogen-bond donors (Lipinski definition) is 0. The van der Waals surface area contributed by atoms with Crippen LogP contribution in [0.2, 0.25) is 0 Å². The fourth-order valence-corrected chi connectivity index (χ4v) is 2.93. The maximum absolute atomic E-state index is 12.6. The van der Waals surface area contributed by atoms with E-state index in [1.807, 2.05) is 6.07 Å². The third-order valence-corrected chi connectivity index (χ3v) is 3.94. The summed E-state index contributed by atoms with van der Waals surface area (Å²) in [6.07, 6.45) is 2.54. The van der Waals surface area contributed by atoms with E-state index >= 15 is 0 Å². The number of aromatic nitrogens is 1. The molecule has 1 aliphatic heterocycles. The zero-order valence-corrected chi connectivity index (χ0v) is 14.8. The normalized spacial score (nSPS) is 19.4. The van der Waals surface area contributed by atoms with E-state index in [9.17, 15) is 20.1 Å². The molecule has 0 radical (unpaired) electrons. The standard InChI is InChI=1S/C18H19N3O5/c1-4-25-17(22)14-11(3)20-13(9-19)16(18(23)26-5-2)15(14)12-7-6-8-21(24)10-12/h6-8,10,14-15H,4-5H2,1-3H3. The minimum atomic E-state index is -0.936. The Morgan fingerprint density at radius 3 is 2.62 bits per heavy atom. The first-order chi connectivity index (χ1) is 12.4. The zero-order valence-electron chi connectivity index (χ0n) is 14.8. The van der Waals surface area contributed by atoms with Crippen LogP contribution in [0, 0.1) is 22.5 Å². The summed E-state index contributed by atoms with van der Waals surface area (Å²) in [6.45, 7) is 5.13. The lowest BCUT2D eigenvalue weighted by Crippen LogP contribution is -2.38. The van der Waals surface area contributed by atoms with Crippen LogP contribution >= 0.6 is 0 Å². The van der Waals surface area contributed by atoms with Gasteiger partial charge in [-0.3, -0.25) is 4.79 Å². The van der Waals surface area contributed by atoms with Crippen molar-refractivity contribution in [3.8, 4) is 6.07 Å². The van der Waals surface area contributed by atoms with Gasteiger partial charge in [-0.2, -0.15) is 9.99 Å². The van der Waals surface area contributed by atoms with Gasteiger partial charge in [-0.1, -0.05) is 0 Å². The molecule has 8 heteroatoms. The van der Waals surface area contributed by atoms with Crippen LogP contribution in [0.5, 0.6) is 0 Å². The van der Waals surface area contributed by atoms with Gasteiger partial charge >= 0.3 is 11.9 Å². The van der Waals surface area contributed by atoms with Crippen molar-refractivity contribution in [2.24, 2.45) is 10.9 Å². The highest BCUT2D eigenvalue weighted by atomic mass is 16.5. The van der Waals surface area contributed by atoms with Gasteiger partial charge in [0, 0.05) is 23.3 Å². The van der Waals surface area contributed by atoms with Gasteiger partial charge in [-0.15, -0.1) is 0 Å². The summed E-state index contributed by atoms with van der Waals surface area (Å²) in [5.41, 5.74) is 0.543. The summed E-state index contributed by atoms with van der Waals surface area (Å²) in [5, 5.41) is 21.2. The van der Waals surface area contributed by atoms with Crippen molar-refractivity contribution in [3.63, 3.8) is 0 Å². The van der Waals surface area contributed by atoms with Crippen LogP contribution in [-0.2, 0) is 19.1 Å². The Kier molecular flexibility index (Phi) is 6.07. The average molecular weight is 357 g/mol. The largest absolute Gasteiger partial charge is 0.619 e. The van der Waals surface area contributed by atoms with Crippen LogP contribution in [0.1, 0.15) is 32.3 Å². The smallest absolute Gasteiger partial charge is 0.337 e. The second-order valence-electron chi connectivity index (χ2n) is 5.55. The molecular weight excluding hydrogens is 338 g/mol. The topological polar surface area (TPSA) is 116 Å². The monoisotopic (exact) mass is 357 g/mol. The molecule has 8 nitrogen and oxygen atoms in total. The lowest BCUT2D eigenvalue weighted by atomic mass is 9.76. The lowest BCUT2D eigenvalue weighted by Gasteiger charge is -2.30. The number of hydrogen-bond acceptors (Lipinski definition) is 7. The number of esters is 2. The highest BCUT2D eigenvalue weighted by molar-refractivity contribution is 6.07. The molecule has 0 N–H and O–H groups in total. The van der Waals surface area contributed by atoms with Gasteiger partial charge in [0.2, 0.25) is 0 Å². The first-order valence-electron chi connectivity index (χ1n) is 8.16. The molecule has 0 saturated heterocycles. The van der Waals surface area contributed by atoms with Crippen LogP contribution in [0.4, 0.5) is 0 Å². The number of ether oxygens (including phenoxy) is 2. The molecule has 0 saturated carbocycles. The van der Waals surface area contributed by atoms with Gasteiger partial charge in [-0.25, -0.2) is 9.79 Å². The second kappa shape index (κ2) is 8.25. The molecule has 2 atom stereocenters. The van der Waals surface area contributed by atoms with Crippen LogP contribution in [0.3, 0.4) is 0 Å². The number of carbonyl (C=O) groups excluding carboxylic acids is 2. The Morgan fingerprint density at radius 1 is 1.35 bits per heavy atom. The molecule has 2 heterocycles. The maximum atomic E-state index is 12.6. The predicted molar refractivity (Wildman–Crippen MR) is 90.6 cm³/mol. The van der Waals surface area contributed by atoms with E-state index in [0.717, 1.165) is 0 Å². The summed E-state index contributed by atoms with van der Waals surface area (Å²) < 4.78 is 10.8. The predicted octanol–water partition coefficient (Wildman–Crippen LogP) is 1.40. The molecule has 0 aliphatic carbocycles. The highest BCUT2D eigenvalue weighted by Gasteiger charge is 2.44. The number of allylic oxidation sites excluding steroid dienone is 1. The molecule has 1 aliphatic rings. The first kappa shape index (κ1) is 19.1. The summed E-state index contributed by atoms with van der Waals surface area (Å²) >= 11 is 0. The average Bonchev–Trinajstić information content (AvgIpc) is 2.60. The van der Waals surface area contributed by atoms with Crippen molar-refractivity contribution >= 4 is 17.7 Å². The molecule has 0 spiro atoms. The van der Waals surface area contributed by atoms with E-state index in [4.69, 9.17) is 9.47 Å². The van der Waals surface area contributed by atoms with E-state index in [1.54, 1.807) is 26.8 Å². The molecule has 0 fully saturated rings. The molecule has 0 bridgehead atoms. The number of rotatable bonds is 5.